The molecule has 0 saturated heterocycles. The van der Waals surface area contributed by atoms with E-state index in [4.69, 9.17) is 11.5 Å². The van der Waals surface area contributed by atoms with Gasteiger partial charge in [-0.3, -0.25) is 14.4 Å². The van der Waals surface area contributed by atoms with Gasteiger partial charge in [0.15, 0.2) is 5.78 Å². The zero-order chi connectivity index (χ0) is 32.5. The van der Waals surface area contributed by atoms with E-state index in [1.54, 1.807) is 48.5 Å². The third-order valence-electron chi connectivity index (χ3n) is 7.06. The lowest BCUT2D eigenvalue weighted by Crippen LogP contribution is -2.54. The number of ketones is 1. The minimum absolute atomic E-state index is 0.0302. The monoisotopic (exact) mass is 595 g/mol. The van der Waals surface area contributed by atoms with Crippen molar-refractivity contribution < 1.29 is 24.3 Å². The van der Waals surface area contributed by atoms with E-state index in [0.717, 1.165) is 10.5 Å². The third kappa shape index (κ3) is 11.1. The van der Waals surface area contributed by atoms with Gasteiger partial charge in [-0.2, -0.15) is 0 Å². The van der Waals surface area contributed by atoms with Crippen LogP contribution in [0.1, 0.15) is 83.7 Å². The van der Waals surface area contributed by atoms with E-state index in [2.05, 4.69) is 10.6 Å². The highest BCUT2D eigenvalue weighted by Crippen LogP contribution is 2.27. The number of carbonyl (C=O) groups is 4. The van der Waals surface area contributed by atoms with Crippen LogP contribution in [0.25, 0.3) is 0 Å². The Morgan fingerprint density at radius 1 is 0.930 bits per heavy atom. The lowest BCUT2D eigenvalue weighted by molar-refractivity contribution is -0.127. The molecular formula is C33H49N5O5. The van der Waals surface area contributed by atoms with Gasteiger partial charge in [-0.05, 0) is 95.5 Å². The molecule has 4 atom stereocenters. The van der Waals surface area contributed by atoms with E-state index in [9.17, 15) is 24.3 Å². The molecule has 0 radical (unpaired) electrons. The molecule has 0 heterocycles. The van der Waals surface area contributed by atoms with Gasteiger partial charge >= 0.3 is 6.03 Å². The van der Waals surface area contributed by atoms with Crippen LogP contribution in [0.15, 0.2) is 48.5 Å². The van der Waals surface area contributed by atoms with Crippen LogP contribution >= 0.6 is 0 Å². The molecule has 0 aliphatic heterocycles. The number of hydrogen-bond acceptors (Lipinski definition) is 7. The number of urea groups is 1. The van der Waals surface area contributed by atoms with Crippen molar-refractivity contribution in [1.82, 2.24) is 10.6 Å². The van der Waals surface area contributed by atoms with E-state index in [-0.39, 0.29) is 47.1 Å². The Kier molecular flexibility index (Phi) is 12.9. The maximum absolute atomic E-state index is 13.9. The number of benzene rings is 2. The van der Waals surface area contributed by atoms with Crippen molar-refractivity contribution in [3.05, 3.63) is 59.7 Å². The molecule has 0 unspecified atom stereocenters. The topological polar surface area (TPSA) is 168 Å². The Labute approximate surface area is 255 Å². The first-order chi connectivity index (χ1) is 20.0. The second-order valence-electron chi connectivity index (χ2n) is 12.8. The van der Waals surface area contributed by atoms with Gasteiger partial charge in [-0.1, -0.05) is 38.1 Å². The quantitative estimate of drug-likeness (QED) is 0.215. The molecule has 2 rings (SSSR count). The summed E-state index contributed by atoms with van der Waals surface area (Å²) >= 11 is 0. The summed E-state index contributed by atoms with van der Waals surface area (Å²) in [6, 6.07) is 10.5. The van der Waals surface area contributed by atoms with Gasteiger partial charge in [-0.25, -0.2) is 9.69 Å². The van der Waals surface area contributed by atoms with Gasteiger partial charge in [0, 0.05) is 23.6 Å². The third-order valence-corrected chi connectivity index (χ3v) is 7.06. The van der Waals surface area contributed by atoms with Crippen molar-refractivity contribution in [2.75, 3.05) is 4.90 Å². The summed E-state index contributed by atoms with van der Waals surface area (Å²) in [5.74, 6) is -1.35. The highest BCUT2D eigenvalue weighted by atomic mass is 16.3. The van der Waals surface area contributed by atoms with Crippen LogP contribution in [0, 0.1) is 11.8 Å². The minimum Gasteiger partial charge on any atom is -0.508 e. The van der Waals surface area contributed by atoms with Gasteiger partial charge < -0.3 is 27.2 Å². The average Bonchev–Trinajstić information content (AvgIpc) is 2.90. The van der Waals surface area contributed by atoms with Gasteiger partial charge in [-0.15, -0.1) is 0 Å². The normalized spacial score (nSPS) is 14.4. The summed E-state index contributed by atoms with van der Waals surface area (Å²) in [4.78, 5) is 54.8. The van der Waals surface area contributed by atoms with Crippen LogP contribution < -0.4 is 27.0 Å². The summed E-state index contributed by atoms with van der Waals surface area (Å²) in [6.45, 7) is 12.7. The fourth-order valence-corrected chi connectivity index (χ4v) is 4.80. The van der Waals surface area contributed by atoms with Crippen LogP contribution in [0.5, 0.6) is 5.75 Å². The van der Waals surface area contributed by atoms with E-state index in [1.807, 2.05) is 41.5 Å². The molecule has 0 bridgehead atoms. The van der Waals surface area contributed by atoms with Crippen molar-refractivity contribution in [1.29, 1.82) is 0 Å². The van der Waals surface area contributed by atoms with Crippen molar-refractivity contribution in [2.24, 2.45) is 23.3 Å². The van der Waals surface area contributed by atoms with Crippen molar-refractivity contribution in [2.45, 2.75) is 97.8 Å². The number of hydrogen-bond donors (Lipinski definition) is 5. The lowest BCUT2D eigenvalue weighted by Gasteiger charge is -2.29. The zero-order valence-electron chi connectivity index (χ0n) is 26.5. The summed E-state index contributed by atoms with van der Waals surface area (Å²) in [5, 5.41) is 15.0. The molecule has 7 N–H and O–H groups in total. The summed E-state index contributed by atoms with van der Waals surface area (Å²) in [5.41, 5.74) is 13.2. The van der Waals surface area contributed by atoms with Crippen LogP contribution in [-0.4, -0.2) is 52.4 Å². The van der Waals surface area contributed by atoms with Gasteiger partial charge in [0.1, 0.15) is 11.8 Å². The Morgan fingerprint density at radius 2 is 1.53 bits per heavy atom. The molecule has 4 amide bonds. The molecule has 2 aromatic rings. The number of phenols is 1. The maximum Gasteiger partial charge on any atom is 0.315 e. The van der Waals surface area contributed by atoms with Crippen LogP contribution in [0.4, 0.5) is 10.5 Å². The number of carbonyl (C=O) groups excluding carboxylic acids is 4. The molecule has 0 aliphatic rings. The predicted molar refractivity (Wildman–Crippen MR) is 170 cm³/mol. The van der Waals surface area contributed by atoms with E-state index >= 15 is 0 Å². The number of Topliss-reactive ketones (excluding diaryl/α,β-unsaturated/α-hetero) is 1. The summed E-state index contributed by atoms with van der Waals surface area (Å²) in [7, 11) is 0. The Morgan fingerprint density at radius 3 is 2.09 bits per heavy atom. The number of nitrogens with one attached hydrogen (secondary N) is 2. The van der Waals surface area contributed by atoms with E-state index < -0.39 is 35.5 Å². The summed E-state index contributed by atoms with van der Waals surface area (Å²) < 4.78 is 0. The molecule has 43 heavy (non-hydrogen) atoms. The molecule has 0 aliphatic carbocycles. The summed E-state index contributed by atoms with van der Waals surface area (Å²) in [6.07, 6.45) is 1.35. The zero-order valence-corrected chi connectivity index (χ0v) is 26.5. The standard InChI is InChI=1S/C33H49N5O5/c1-20(2)18-27(35)30(41)26-10-8-9-11-28(26)38(31(42)22(4)36-32(43)37-33(5,6)7)29(40)17-14-24(21(3)34)19-23-12-15-25(39)16-13-23/h8-13,15-16,20-22,24,27,39H,14,17-19,34-35H2,1-7H3,(H2,36,37,43)/t21-,22+,24-,27-/m0/s1. The SMILES string of the molecule is CC(C)C[C@H](N)C(=O)c1ccccc1N(C(=O)CC[C@@H](Cc1ccc(O)cc1)[C@H](C)N)C(=O)[C@@H](C)NC(=O)NC(C)(C)C. The number of phenolic OH excluding ortho intramolecular Hbond substituents is 1. The first-order valence-electron chi connectivity index (χ1n) is 14.9. The lowest BCUT2D eigenvalue weighted by atomic mass is 9.89. The Hall–Kier alpha value is -3.76. The molecule has 0 aromatic heterocycles. The van der Waals surface area contributed by atoms with Gasteiger partial charge in [0.05, 0.1) is 11.7 Å². The molecule has 236 valence electrons. The fourth-order valence-electron chi connectivity index (χ4n) is 4.80. The fraction of sp³-hybridized carbons (Fsp3) is 0.515. The molecule has 0 saturated carbocycles. The minimum atomic E-state index is -1.08. The van der Waals surface area contributed by atoms with Gasteiger partial charge in [0.25, 0.3) is 5.91 Å². The Balaban J connectivity index is 2.42. The van der Waals surface area contributed by atoms with Crippen LogP contribution in [0.2, 0.25) is 0 Å². The van der Waals surface area contributed by atoms with Crippen molar-refractivity contribution >= 4 is 29.3 Å². The van der Waals surface area contributed by atoms with E-state index in [1.165, 1.54) is 6.92 Å². The largest absolute Gasteiger partial charge is 0.508 e. The second kappa shape index (κ2) is 15.6. The van der Waals surface area contributed by atoms with Crippen LogP contribution in [-0.2, 0) is 16.0 Å². The highest BCUT2D eigenvalue weighted by molar-refractivity contribution is 6.20. The molecular weight excluding hydrogens is 546 g/mol. The number of imide groups is 1. The Bertz CT molecular complexity index is 1250. The number of amides is 4. The van der Waals surface area contributed by atoms with E-state index in [0.29, 0.717) is 19.3 Å². The molecule has 10 nitrogen and oxygen atoms in total. The molecule has 0 fully saturated rings. The smallest absolute Gasteiger partial charge is 0.315 e. The average molecular weight is 596 g/mol. The van der Waals surface area contributed by atoms with Crippen LogP contribution in [0.3, 0.4) is 0 Å². The number of para-hydroxylation sites is 1. The molecule has 0 spiro atoms. The van der Waals surface area contributed by atoms with Gasteiger partial charge in [0.2, 0.25) is 5.91 Å². The number of rotatable bonds is 13. The van der Waals surface area contributed by atoms with Crippen molar-refractivity contribution in [3.8, 4) is 5.75 Å². The number of nitrogens with two attached hydrogens (primary N) is 2. The first-order valence-corrected chi connectivity index (χ1v) is 14.9. The predicted octanol–water partition coefficient (Wildman–Crippen LogP) is 4.28. The number of aromatic hydroxyl groups is 1. The number of nitrogens with zero attached hydrogens (tertiary/aromatic N) is 1. The molecule has 10 heteroatoms. The number of anilines is 1. The van der Waals surface area contributed by atoms with Crippen molar-refractivity contribution in [3.63, 3.8) is 0 Å². The highest BCUT2D eigenvalue weighted by Gasteiger charge is 2.33. The maximum atomic E-state index is 13.9. The molecule has 2 aromatic carbocycles. The second-order valence-corrected chi connectivity index (χ2v) is 12.8. The first kappa shape index (κ1) is 35.4.